The highest BCUT2D eigenvalue weighted by Crippen LogP contribution is 2.18. The summed E-state index contributed by atoms with van der Waals surface area (Å²) < 4.78 is 39.0. The minimum atomic E-state index is -1.39. The highest BCUT2D eigenvalue weighted by atomic mass is 19.2. The number of rotatable bonds is 5. The van der Waals surface area contributed by atoms with Gasteiger partial charge in [0.1, 0.15) is 11.9 Å². The van der Waals surface area contributed by atoms with Crippen molar-refractivity contribution in [2.75, 3.05) is 5.32 Å². The molecule has 0 aliphatic carbocycles. The minimum Gasteiger partial charge on any atom is -0.480 e. The Bertz CT molecular complexity index is 550. The van der Waals surface area contributed by atoms with Gasteiger partial charge in [-0.1, -0.05) is 13.8 Å². The first-order valence-electron chi connectivity index (χ1n) is 6.15. The zero-order valence-electron chi connectivity index (χ0n) is 11.4. The van der Waals surface area contributed by atoms with E-state index in [1.54, 1.807) is 13.8 Å². The summed E-state index contributed by atoms with van der Waals surface area (Å²) in [5.74, 6) is -5.12. The van der Waals surface area contributed by atoms with Gasteiger partial charge in [-0.15, -0.1) is 0 Å². The van der Waals surface area contributed by atoms with Gasteiger partial charge in [-0.25, -0.2) is 22.8 Å². The molecule has 8 heteroatoms. The molecule has 5 nitrogen and oxygen atoms in total. The summed E-state index contributed by atoms with van der Waals surface area (Å²) in [5, 5.41) is 13.0. The highest BCUT2D eigenvalue weighted by Gasteiger charge is 2.22. The van der Waals surface area contributed by atoms with Crippen molar-refractivity contribution in [2.24, 2.45) is 5.92 Å². The fourth-order valence-corrected chi connectivity index (χ4v) is 1.63. The van der Waals surface area contributed by atoms with Gasteiger partial charge < -0.3 is 15.7 Å². The first-order chi connectivity index (χ1) is 9.70. The number of hydrogen-bond acceptors (Lipinski definition) is 2. The number of benzene rings is 1. The van der Waals surface area contributed by atoms with E-state index in [1.165, 1.54) is 0 Å². The third-order valence-corrected chi connectivity index (χ3v) is 2.57. The van der Waals surface area contributed by atoms with Crippen LogP contribution in [0.4, 0.5) is 23.7 Å². The van der Waals surface area contributed by atoms with Gasteiger partial charge in [0.15, 0.2) is 11.6 Å². The maximum Gasteiger partial charge on any atom is 0.326 e. The lowest BCUT2D eigenvalue weighted by molar-refractivity contribution is -0.139. The van der Waals surface area contributed by atoms with Crippen LogP contribution < -0.4 is 10.6 Å². The molecular formula is C13H15F3N2O3. The summed E-state index contributed by atoms with van der Waals surface area (Å²) in [4.78, 5) is 22.6. The predicted molar refractivity (Wildman–Crippen MR) is 69.3 cm³/mol. The normalized spacial score (nSPS) is 12.1. The molecule has 0 unspecified atom stereocenters. The van der Waals surface area contributed by atoms with Crippen LogP contribution in [0.3, 0.4) is 0 Å². The fraction of sp³-hybridized carbons (Fsp3) is 0.385. The number of anilines is 1. The zero-order valence-corrected chi connectivity index (χ0v) is 11.4. The highest BCUT2D eigenvalue weighted by molar-refractivity contribution is 5.92. The molecule has 0 radical (unpaired) electrons. The maximum absolute atomic E-state index is 13.3. The van der Waals surface area contributed by atoms with Crippen LogP contribution in [0.1, 0.15) is 20.3 Å². The average molecular weight is 304 g/mol. The molecule has 2 amide bonds. The lowest BCUT2D eigenvalue weighted by Crippen LogP contribution is -2.43. The summed E-state index contributed by atoms with van der Waals surface area (Å²) in [6, 6.07) is -1.43. The van der Waals surface area contributed by atoms with Crippen molar-refractivity contribution in [1.29, 1.82) is 0 Å². The van der Waals surface area contributed by atoms with E-state index in [2.05, 4.69) is 5.32 Å². The molecule has 1 aromatic rings. The van der Waals surface area contributed by atoms with E-state index in [1.807, 2.05) is 5.32 Å². The Hall–Kier alpha value is -2.25. The minimum absolute atomic E-state index is 0.00593. The number of urea groups is 1. The summed E-state index contributed by atoms with van der Waals surface area (Å²) in [6.07, 6.45) is 0.170. The Morgan fingerprint density at radius 2 is 1.71 bits per heavy atom. The average Bonchev–Trinajstić information content (AvgIpc) is 2.34. The molecule has 0 fully saturated rings. The molecule has 3 N–H and O–H groups in total. The first kappa shape index (κ1) is 16.8. The van der Waals surface area contributed by atoms with Crippen LogP contribution in [0.15, 0.2) is 12.1 Å². The van der Waals surface area contributed by atoms with E-state index >= 15 is 0 Å². The molecule has 0 spiro atoms. The second-order valence-corrected chi connectivity index (χ2v) is 4.86. The number of carboxylic acid groups (broad SMARTS) is 1. The van der Waals surface area contributed by atoms with Gasteiger partial charge in [0, 0.05) is 12.1 Å². The van der Waals surface area contributed by atoms with Crippen LogP contribution in [-0.2, 0) is 4.79 Å². The summed E-state index contributed by atoms with van der Waals surface area (Å²) in [7, 11) is 0. The number of aliphatic carboxylic acids is 1. The van der Waals surface area contributed by atoms with Gasteiger partial charge >= 0.3 is 12.0 Å². The zero-order chi connectivity index (χ0) is 16.2. The van der Waals surface area contributed by atoms with Crippen LogP contribution in [0.25, 0.3) is 0 Å². The van der Waals surface area contributed by atoms with Gasteiger partial charge in [0.2, 0.25) is 0 Å². The third-order valence-electron chi connectivity index (χ3n) is 2.57. The van der Waals surface area contributed by atoms with Crippen molar-refractivity contribution in [3.8, 4) is 0 Å². The van der Waals surface area contributed by atoms with Crippen molar-refractivity contribution in [1.82, 2.24) is 5.32 Å². The second kappa shape index (κ2) is 6.96. The van der Waals surface area contributed by atoms with E-state index in [9.17, 15) is 22.8 Å². The van der Waals surface area contributed by atoms with Crippen molar-refractivity contribution in [3.05, 3.63) is 29.6 Å². The van der Waals surface area contributed by atoms with E-state index < -0.39 is 41.2 Å². The number of hydrogen-bond donors (Lipinski definition) is 3. The van der Waals surface area contributed by atoms with E-state index in [-0.39, 0.29) is 18.4 Å². The summed E-state index contributed by atoms with van der Waals surface area (Å²) >= 11 is 0. The number of carbonyl (C=O) groups excluding carboxylic acids is 1. The van der Waals surface area contributed by atoms with Crippen molar-refractivity contribution < 1.29 is 27.9 Å². The van der Waals surface area contributed by atoms with Crippen LogP contribution in [-0.4, -0.2) is 23.1 Å². The van der Waals surface area contributed by atoms with Gasteiger partial charge in [0.25, 0.3) is 0 Å². The second-order valence-electron chi connectivity index (χ2n) is 4.86. The van der Waals surface area contributed by atoms with Crippen LogP contribution in [0, 0.1) is 23.4 Å². The van der Waals surface area contributed by atoms with Gasteiger partial charge in [0.05, 0.1) is 5.69 Å². The predicted octanol–water partition coefficient (Wildman–Crippen LogP) is 2.72. The third kappa shape index (κ3) is 4.97. The van der Waals surface area contributed by atoms with Crippen molar-refractivity contribution in [3.63, 3.8) is 0 Å². The molecule has 1 aromatic carbocycles. The van der Waals surface area contributed by atoms with Crippen LogP contribution in [0.5, 0.6) is 0 Å². The van der Waals surface area contributed by atoms with Crippen LogP contribution in [0.2, 0.25) is 0 Å². The summed E-state index contributed by atoms with van der Waals surface area (Å²) in [5.41, 5.74) is -0.583. The largest absolute Gasteiger partial charge is 0.480 e. The number of amides is 2. The molecule has 0 aromatic heterocycles. The topological polar surface area (TPSA) is 78.4 Å². The molecule has 0 saturated heterocycles. The Morgan fingerprint density at radius 3 is 2.24 bits per heavy atom. The number of halogens is 3. The van der Waals surface area contributed by atoms with Gasteiger partial charge in [-0.05, 0) is 12.3 Å². The molecular weight excluding hydrogens is 289 g/mol. The Balaban J connectivity index is 2.77. The lowest BCUT2D eigenvalue weighted by Gasteiger charge is -2.17. The Labute approximate surface area is 119 Å². The molecule has 0 bridgehead atoms. The number of carboxylic acids is 1. The number of carbonyl (C=O) groups is 2. The van der Waals surface area contributed by atoms with Crippen LogP contribution >= 0.6 is 0 Å². The molecule has 21 heavy (non-hydrogen) atoms. The van der Waals surface area contributed by atoms with Gasteiger partial charge in [-0.2, -0.15) is 0 Å². The molecule has 1 rings (SSSR count). The molecule has 0 aliphatic rings. The van der Waals surface area contributed by atoms with Crippen molar-refractivity contribution in [2.45, 2.75) is 26.3 Å². The first-order valence-corrected chi connectivity index (χ1v) is 6.15. The molecule has 116 valence electrons. The van der Waals surface area contributed by atoms with E-state index in [0.29, 0.717) is 6.07 Å². The summed E-state index contributed by atoms with van der Waals surface area (Å²) in [6.45, 7) is 3.54. The monoisotopic (exact) mass is 304 g/mol. The van der Waals surface area contributed by atoms with E-state index in [0.717, 1.165) is 0 Å². The van der Waals surface area contributed by atoms with Gasteiger partial charge in [-0.3, -0.25) is 0 Å². The SMILES string of the molecule is CC(C)C[C@H](NC(=O)Nc1cc(F)c(F)cc1F)C(=O)O. The lowest BCUT2D eigenvalue weighted by atomic mass is 10.0. The Morgan fingerprint density at radius 1 is 1.14 bits per heavy atom. The smallest absolute Gasteiger partial charge is 0.326 e. The fourth-order valence-electron chi connectivity index (χ4n) is 1.63. The quantitative estimate of drug-likeness (QED) is 0.732. The van der Waals surface area contributed by atoms with Crippen molar-refractivity contribution >= 4 is 17.7 Å². The maximum atomic E-state index is 13.3. The molecule has 0 aliphatic heterocycles. The Kier molecular flexibility index (Phi) is 5.57. The molecule has 1 atom stereocenters. The standard InChI is InChI=1S/C13H15F3N2O3/c1-6(2)3-11(12(19)20)18-13(21)17-10-5-8(15)7(14)4-9(10)16/h4-6,11H,3H2,1-2H3,(H,19,20)(H2,17,18,21)/t11-/m0/s1. The number of nitrogens with one attached hydrogen (secondary N) is 2. The van der Waals surface area contributed by atoms with E-state index in [4.69, 9.17) is 5.11 Å². The molecule has 0 heterocycles. The molecule has 0 saturated carbocycles.